The van der Waals surface area contributed by atoms with Crippen LogP contribution in [0, 0.1) is 5.92 Å². The molecular formula is C20H24N2O2. The average Bonchev–Trinajstić information content (AvgIpc) is 2.60. The van der Waals surface area contributed by atoms with E-state index < -0.39 is 0 Å². The lowest BCUT2D eigenvalue weighted by Gasteiger charge is -2.45. The van der Waals surface area contributed by atoms with Crippen LogP contribution in [0.3, 0.4) is 0 Å². The van der Waals surface area contributed by atoms with Gasteiger partial charge < -0.3 is 10.1 Å². The molecule has 4 rings (SSSR count). The minimum absolute atomic E-state index is 0.0223. The van der Waals surface area contributed by atoms with E-state index in [-0.39, 0.29) is 24.2 Å². The Bertz CT molecular complexity index is 740. The van der Waals surface area contributed by atoms with Crippen molar-refractivity contribution in [2.24, 2.45) is 5.92 Å². The number of hydrogen-bond acceptors (Lipinski definition) is 3. The predicted molar refractivity (Wildman–Crippen MR) is 93.5 cm³/mol. The van der Waals surface area contributed by atoms with Gasteiger partial charge in [-0.25, -0.2) is 0 Å². The normalized spacial score (nSPS) is 29.9. The fraction of sp³-hybridized carbons (Fsp3) is 0.500. The molecule has 1 aromatic carbocycles. The maximum atomic E-state index is 11.7. The van der Waals surface area contributed by atoms with Gasteiger partial charge in [-0.3, -0.25) is 9.78 Å². The molecule has 126 valence electrons. The van der Waals surface area contributed by atoms with E-state index in [1.165, 1.54) is 18.4 Å². The topological polar surface area (TPSA) is 51.2 Å². The fourth-order valence-electron chi connectivity index (χ4n) is 4.46. The van der Waals surface area contributed by atoms with Gasteiger partial charge >= 0.3 is 0 Å². The number of ether oxygens (including phenoxy) is 1. The predicted octanol–water partition coefficient (Wildman–Crippen LogP) is 3.76. The molecule has 4 nitrogen and oxygen atoms in total. The van der Waals surface area contributed by atoms with Crippen molar-refractivity contribution in [3.63, 3.8) is 0 Å². The summed E-state index contributed by atoms with van der Waals surface area (Å²) in [6.45, 7) is 1.62. The second-order valence-electron chi connectivity index (χ2n) is 7.07. The van der Waals surface area contributed by atoms with Crippen molar-refractivity contribution < 1.29 is 9.53 Å². The van der Waals surface area contributed by atoms with Gasteiger partial charge in [0.2, 0.25) is 5.91 Å². The second kappa shape index (κ2) is 6.52. The van der Waals surface area contributed by atoms with E-state index in [0.29, 0.717) is 5.92 Å². The van der Waals surface area contributed by atoms with Crippen LogP contribution >= 0.6 is 0 Å². The van der Waals surface area contributed by atoms with Crippen molar-refractivity contribution in [3.05, 3.63) is 42.1 Å². The summed E-state index contributed by atoms with van der Waals surface area (Å²) in [6, 6.07) is 10.5. The highest BCUT2D eigenvalue weighted by Crippen LogP contribution is 2.42. The van der Waals surface area contributed by atoms with Crippen LogP contribution in [-0.4, -0.2) is 23.0 Å². The lowest BCUT2D eigenvalue weighted by molar-refractivity contribution is -0.131. The third-order valence-corrected chi connectivity index (χ3v) is 5.49. The molecule has 0 unspecified atom stereocenters. The van der Waals surface area contributed by atoms with Crippen molar-refractivity contribution >= 4 is 16.8 Å². The molecule has 0 bridgehead atoms. The van der Waals surface area contributed by atoms with Crippen molar-refractivity contribution in [2.75, 3.05) is 0 Å². The summed E-state index contributed by atoms with van der Waals surface area (Å²) >= 11 is 0. The molecule has 1 saturated heterocycles. The number of carbonyl (C=O) groups excluding carboxylic acids is 1. The number of nitrogens with zero attached hydrogens (tertiary/aromatic N) is 1. The summed E-state index contributed by atoms with van der Waals surface area (Å²) in [7, 11) is 0. The molecule has 1 N–H and O–H groups in total. The fourth-order valence-corrected chi connectivity index (χ4v) is 4.46. The van der Waals surface area contributed by atoms with Crippen molar-refractivity contribution in [2.45, 2.75) is 57.3 Å². The summed E-state index contributed by atoms with van der Waals surface area (Å²) in [5.74, 6) is 0.511. The number of nitrogens with one attached hydrogen (secondary N) is 1. The first-order valence-electron chi connectivity index (χ1n) is 8.98. The zero-order valence-corrected chi connectivity index (χ0v) is 14.1. The van der Waals surface area contributed by atoms with Crippen LogP contribution in [0.25, 0.3) is 10.9 Å². The van der Waals surface area contributed by atoms with E-state index in [2.05, 4.69) is 22.4 Å². The first-order valence-corrected chi connectivity index (χ1v) is 8.98. The minimum Gasteiger partial charge on any atom is -0.370 e. The Hall–Kier alpha value is -1.94. The lowest BCUT2D eigenvalue weighted by Crippen LogP contribution is -2.50. The van der Waals surface area contributed by atoms with Crippen LogP contribution < -0.4 is 5.32 Å². The van der Waals surface area contributed by atoms with Gasteiger partial charge in [0.25, 0.3) is 0 Å². The van der Waals surface area contributed by atoms with Crippen LogP contribution in [0.1, 0.15) is 50.7 Å². The number of amides is 1. The van der Waals surface area contributed by atoms with Crippen LogP contribution in [-0.2, 0) is 9.53 Å². The summed E-state index contributed by atoms with van der Waals surface area (Å²) < 4.78 is 6.52. The number of carbonyl (C=O) groups is 1. The molecule has 1 aromatic heterocycles. The van der Waals surface area contributed by atoms with Crippen LogP contribution in [0.4, 0.5) is 0 Å². The van der Waals surface area contributed by atoms with Gasteiger partial charge in [-0.15, -0.1) is 0 Å². The van der Waals surface area contributed by atoms with E-state index >= 15 is 0 Å². The van der Waals surface area contributed by atoms with E-state index in [1.54, 1.807) is 6.92 Å². The maximum Gasteiger partial charge on any atom is 0.217 e. The Balaban J connectivity index is 1.68. The number of aromatic nitrogens is 1. The number of pyridine rings is 1. The van der Waals surface area contributed by atoms with Crippen LogP contribution in [0.2, 0.25) is 0 Å². The van der Waals surface area contributed by atoms with E-state index in [0.717, 1.165) is 30.2 Å². The summed E-state index contributed by atoms with van der Waals surface area (Å²) in [5.41, 5.74) is 2.19. The molecule has 24 heavy (non-hydrogen) atoms. The van der Waals surface area contributed by atoms with Gasteiger partial charge in [0, 0.05) is 30.5 Å². The zero-order valence-electron chi connectivity index (χ0n) is 14.1. The Kier molecular flexibility index (Phi) is 4.23. The smallest absolute Gasteiger partial charge is 0.217 e. The Labute approximate surface area is 142 Å². The standard InChI is InChI=1S/C20H24N2O2/c1-13(23)22-18-12-20(24-19-10-3-2-6-16(18)19)15-7-4-9-17-14(15)8-5-11-21-17/h4-5,7-9,11,16,18-20H,2-3,6,10,12H2,1H3,(H,22,23)/t16-,18+,19+,20+/m0/s1. The second-order valence-corrected chi connectivity index (χ2v) is 7.07. The minimum atomic E-state index is 0.0223. The molecule has 1 aliphatic carbocycles. The van der Waals surface area contributed by atoms with Gasteiger partial charge in [-0.05, 0) is 37.0 Å². The zero-order chi connectivity index (χ0) is 16.5. The van der Waals surface area contributed by atoms with Gasteiger partial charge in [-0.2, -0.15) is 0 Å². The molecule has 1 saturated carbocycles. The molecule has 0 radical (unpaired) electrons. The van der Waals surface area contributed by atoms with Gasteiger partial charge in [0.1, 0.15) is 0 Å². The maximum absolute atomic E-state index is 11.7. The molecule has 0 spiro atoms. The average molecular weight is 324 g/mol. The first-order chi connectivity index (χ1) is 11.7. The highest BCUT2D eigenvalue weighted by atomic mass is 16.5. The van der Waals surface area contributed by atoms with Gasteiger partial charge in [0.05, 0.1) is 17.7 Å². The van der Waals surface area contributed by atoms with E-state index in [4.69, 9.17) is 4.74 Å². The third-order valence-electron chi connectivity index (χ3n) is 5.49. The monoisotopic (exact) mass is 324 g/mol. The number of benzene rings is 1. The van der Waals surface area contributed by atoms with Crippen LogP contribution in [0.5, 0.6) is 0 Å². The third kappa shape index (κ3) is 2.91. The Morgan fingerprint density at radius 2 is 2.08 bits per heavy atom. The van der Waals surface area contributed by atoms with Gasteiger partial charge in [0.15, 0.2) is 0 Å². The van der Waals surface area contributed by atoms with Crippen molar-refractivity contribution in [3.8, 4) is 0 Å². The van der Waals surface area contributed by atoms with E-state index in [1.807, 2.05) is 24.4 Å². The first kappa shape index (κ1) is 15.6. The molecule has 2 heterocycles. The van der Waals surface area contributed by atoms with E-state index in [9.17, 15) is 4.79 Å². The van der Waals surface area contributed by atoms with Gasteiger partial charge in [-0.1, -0.05) is 31.0 Å². The molecule has 4 heteroatoms. The molecular weight excluding hydrogens is 300 g/mol. The number of hydrogen-bond donors (Lipinski definition) is 1. The molecule has 2 aromatic rings. The highest BCUT2D eigenvalue weighted by molar-refractivity contribution is 5.82. The molecule has 1 amide bonds. The molecule has 1 aliphatic heterocycles. The Morgan fingerprint density at radius 1 is 1.21 bits per heavy atom. The number of rotatable bonds is 2. The molecule has 4 atom stereocenters. The molecule has 2 aliphatic rings. The Morgan fingerprint density at radius 3 is 2.96 bits per heavy atom. The highest BCUT2D eigenvalue weighted by Gasteiger charge is 2.40. The van der Waals surface area contributed by atoms with Crippen molar-refractivity contribution in [1.82, 2.24) is 10.3 Å². The summed E-state index contributed by atoms with van der Waals surface area (Å²) in [5, 5.41) is 4.35. The SMILES string of the molecule is CC(=O)N[C@@H]1C[C@H](c2cccc3ncccc23)O[C@@H]2CCCC[C@@H]12. The lowest BCUT2D eigenvalue weighted by atomic mass is 9.76. The number of fused-ring (bicyclic) bond motifs is 2. The quantitative estimate of drug-likeness (QED) is 0.915. The molecule has 2 fully saturated rings. The van der Waals surface area contributed by atoms with Crippen LogP contribution in [0.15, 0.2) is 36.5 Å². The van der Waals surface area contributed by atoms with Crippen molar-refractivity contribution in [1.29, 1.82) is 0 Å². The summed E-state index contributed by atoms with van der Waals surface area (Å²) in [4.78, 5) is 16.1. The largest absolute Gasteiger partial charge is 0.370 e. The summed E-state index contributed by atoms with van der Waals surface area (Å²) in [6.07, 6.45) is 7.65.